The molecule has 1 aromatic carbocycles. The highest BCUT2D eigenvalue weighted by Crippen LogP contribution is 2.46. The van der Waals surface area contributed by atoms with Gasteiger partial charge in [0.15, 0.2) is 0 Å². The van der Waals surface area contributed by atoms with Crippen LogP contribution in [0, 0.1) is 11.2 Å². The average molecular weight is 262 g/mol. The van der Waals surface area contributed by atoms with Crippen LogP contribution in [-0.2, 0) is 0 Å². The predicted molar refractivity (Wildman–Crippen MR) is 72.2 cm³/mol. The number of aliphatic hydroxyl groups excluding tert-OH is 1. The van der Waals surface area contributed by atoms with E-state index in [0.29, 0.717) is 10.9 Å². The van der Waals surface area contributed by atoms with Crippen molar-refractivity contribution in [3.8, 4) is 0 Å². The zero-order chi connectivity index (χ0) is 13.5. The van der Waals surface area contributed by atoms with Gasteiger partial charge in [-0.15, -0.1) is 0 Å². The van der Waals surface area contributed by atoms with E-state index in [-0.39, 0.29) is 11.2 Å². The minimum absolute atomic E-state index is 0.163. The van der Waals surface area contributed by atoms with Gasteiger partial charge in [-0.25, -0.2) is 4.39 Å². The molecule has 2 aromatic rings. The van der Waals surface area contributed by atoms with E-state index in [1.165, 1.54) is 18.6 Å². The van der Waals surface area contributed by atoms with Crippen LogP contribution in [-0.4, -0.2) is 15.3 Å². The summed E-state index contributed by atoms with van der Waals surface area (Å²) in [5.74, 6) is -0.317. The zero-order valence-corrected chi connectivity index (χ0v) is 11.1. The van der Waals surface area contributed by atoms with Crippen molar-refractivity contribution in [1.29, 1.82) is 0 Å². The van der Waals surface area contributed by atoms with E-state index < -0.39 is 6.10 Å². The molecule has 102 valence electrons. The molecule has 0 aliphatic heterocycles. The van der Waals surface area contributed by atoms with Crippen LogP contribution in [0.15, 0.2) is 18.3 Å². The molecular formula is C15H19FN2O. The summed E-state index contributed by atoms with van der Waals surface area (Å²) in [6.07, 6.45) is 6.42. The Bertz CT molecular complexity index is 587. The van der Waals surface area contributed by atoms with Crippen molar-refractivity contribution >= 4 is 10.9 Å². The van der Waals surface area contributed by atoms with Crippen molar-refractivity contribution in [1.82, 2.24) is 10.2 Å². The van der Waals surface area contributed by atoms with Gasteiger partial charge in [-0.05, 0) is 30.4 Å². The maximum atomic E-state index is 13.7. The van der Waals surface area contributed by atoms with Crippen molar-refractivity contribution in [2.24, 2.45) is 5.41 Å². The second kappa shape index (κ2) is 4.60. The molecule has 1 unspecified atom stereocenters. The Hall–Kier alpha value is -1.42. The molecule has 1 heterocycles. The fraction of sp³-hybridized carbons (Fsp3) is 0.533. The van der Waals surface area contributed by atoms with Gasteiger partial charge in [-0.2, -0.15) is 5.10 Å². The summed E-state index contributed by atoms with van der Waals surface area (Å²) in [7, 11) is 0. The number of nitrogens with one attached hydrogen (secondary N) is 1. The Balaban J connectivity index is 2.05. The molecule has 0 amide bonds. The maximum absolute atomic E-state index is 13.7. The summed E-state index contributed by atoms with van der Waals surface area (Å²) in [6.45, 7) is 2.10. The molecule has 0 saturated heterocycles. The van der Waals surface area contributed by atoms with Crippen LogP contribution in [0.5, 0.6) is 0 Å². The van der Waals surface area contributed by atoms with E-state index in [1.54, 1.807) is 6.20 Å². The number of halogens is 1. The molecule has 1 aliphatic rings. The first kappa shape index (κ1) is 12.6. The highest BCUT2D eigenvalue weighted by atomic mass is 19.1. The highest BCUT2D eigenvalue weighted by molar-refractivity contribution is 5.81. The number of hydrogen-bond donors (Lipinski definition) is 2. The van der Waals surface area contributed by atoms with Crippen LogP contribution >= 0.6 is 0 Å². The number of benzene rings is 1. The lowest BCUT2D eigenvalue weighted by Gasteiger charge is -2.38. The predicted octanol–water partition coefficient (Wildman–Crippen LogP) is 3.71. The average Bonchev–Trinajstić information content (AvgIpc) is 2.85. The number of H-pyrrole nitrogens is 1. The van der Waals surface area contributed by atoms with Crippen molar-refractivity contribution in [3.05, 3.63) is 29.7 Å². The van der Waals surface area contributed by atoms with E-state index in [4.69, 9.17) is 0 Å². The quantitative estimate of drug-likeness (QED) is 0.866. The van der Waals surface area contributed by atoms with Crippen molar-refractivity contribution in [2.45, 2.75) is 45.1 Å². The van der Waals surface area contributed by atoms with Crippen LogP contribution in [0.4, 0.5) is 4.39 Å². The van der Waals surface area contributed by atoms with Gasteiger partial charge in [0, 0.05) is 10.9 Å². The topological polar surface area (TPSA) is 48.9 Å². The van der Waals surface area contributed by atoms with Crippen LogP contribution in [0.3, 0.4) is 0 Å². The largest absolute Gasteiger partial charge is 0.388 e. The lowest BCUT2D eigenvalue weighted by molar-refractivity contribution is 0.00890. The number of nitrogens with zero attached hydrogens (tertiary/aromatic N) is 1. The second-order valence-corrected chi connectivity index (χ2v) is 5.95. The van der Waals surface area contributed by atoms with Crippen LogP contribution in [0.2, 0.25) is 0 Å². The third-order valence-electron chi connectivity index (χ3n) is 4.49. The minimum atomic E-state index is -0.647. The number of aromatic amines is 1. The number of rotatable bonds is 2. The molecule has 3 nitrogen and oxygen atoms in total. The van der Waals surface area contributed by atoms with Crippen molar-refractivity contribution in [3.63, 3.8) is 0 Å². The molecule has 19 heavy (non-hydrogen) atoms. The zero-order valence-electron chi connectivity index (χ0n) is 11.1. The molecule has 1 aliphatic carbocycles. The van der Waals surface area contributed by atoms with Crippen LogP contribution in [0.25, 0.3) is 10.9 Å². The molecule has 2 N–H and O–H groups in total. The van der Waals surface area contributed by atoms with E-state index in [1.807, 2.05) is 0 Å². The summed E-state index contributed by atoms with van der Waals surface area (Å²) in [6, 6.07) is 2.88. The van der Waals surface area contributed by atoms with Crippen molar-refractivity contribution < 1.29 is 9.50 Å². The lowest BCUT2D eigenvalue weighted by Crippen LogP contribution is -2.28. The Kier molecular flexibility index (Phi) is 3.05. The van der Waals surface area contributed by atoms with E-state index in [2.05, 4.69) is 17.1 Å². The van der Waals surface area contributed by atoms with Gasteiger partial charge in [0.05, 0.1) is 17.8 Å². The summed E-state index contributed by atoms with van der Waals surface area (Å²) >= 11 is 0. The van der Waals surface area contributed by atoms with Crippen LogP contribution in [0.1, 0.15) is 50.7 Å². The molecule has 1 saturated carbocycles. The van der Waals surface area contributed by atoms with Crippen LogP contribution < -0.4 is 0 Å². The third-order valence-corrected chi connectivity index (χ3v) is 4.49. The summed E-state index contributed by atoms with van der Waals surface area (Å²) < 4.78 is 13.7. The van der Waals surface area contributed by atoms with Gasteiger partial charge in [0.25, 0.3) is 0 Å². The number of hydrogen-bond acceptors (Lipinski definition) is 2. The monoisotopic (exact) mass is 262 g/mol. The van der Waals surface area contributed by atoms with E-state index in [9.17, 15) is 9.50 Å². The van der Waals surface area contributed by atoms with E-state index >= 15 is 0 Å². The molecule has 0 radical (unpaired) electrons. The second-order valence-electron chi connectivity index (χ2n) is 5.95. The van der Waals surface area contributed by atoms with Gasteiger partial charge >= 0.3 is 0 Å². The molecule has 3 rings (SSSR count). The molecule has 0 bridgehead atoms. The first-order valence-electron chi connectivity index (χ1n) is 6.91. The van der Waals surface area contributed by atoms with Gasteiger partial charge < -0.3 is 5.11 Å². The standard InChI is InChI=1S/C15H19FN2O/c1-15(5-3-2-4-6-15)14(19)12-8-11(16)7-10-9-17-18-13(10)12/h7-9,14,19H,2-6H2,1H3,(H,17,18). The molecule has 1 aromatic heterocycles. The van der Waals surface area contributed by atoms with Gasteiger partial charge in [0.1, 0.15) is 5.82 Å². The molecule has 1 atom stereocenters. The Morgan fingerprint density at radius 1 is 1.32 bits per heavy atom. The Morgan fingerprint density at radius 3 is 2.79 bits per heavy atom. The normalized spacial score (nSPS) is 20.6. The number of aromatic nitrogens is 2. The molecule has 0 spiro atoms. The van der Waals surface area contributed by atoms with Gasteiger partial charge in [-0.3, -0.25) is 5.10 Å². The molecule has 4 heteroatoms. The van der Waals surface area contributed by atoms with Gasteiger partial charge in [0.2, 0.25) is 0 Å². The highest BCUT2D eigenvalue weighted by Gasteiger charge is 2.36. The first-order chi connectivity index (χ1) is 9.10. The molecular weight excluding hydrogens is 243 g/mol. The fourth-order valence-corrected chi connectivity index (χ4v) is 3.27. The summed E-state index contributed by atoms with van der Waals surface area (Å²) in [5.41, 5.74) is 1.22. The summed E-state index contributed by atoms with van der Waals surface area (Å²) in [5, 5.41) is 18.3. The number of fused-ring (bicyclic) bond motifs is 1. The summed E-state index contributed by atoms with van der Waals surface area (Å²) in [4.78, 5) is 0. The fourth-order valence-electron chi connectivity index (χ4n) is 3.27. The van der Waals surface area contributed by atoms with E-state index in [0.717, 1.165) is 31.2 Å². The van der Waals surface area contributed by atoms with Gasteiger partial charge in [-0.1, -0.05) is 26.2 Å². The first-order valence-corrected chi connectivity index (χ1v) is 6.91. The lowest BCUT2D eigenvalue weighted by atomic mass is 9.70. The molecule has 1 fully saturated rings. The SMILES string of the molecule is CC1(C(O)c2cc(F)cc3cn[nH]c23)CCCCC1. The third kappa shape index (κ3) is 2.14. The number of aliphatic hydroxyl groups is 1. The maximum Gasteiger partial charge on any atom is 0.124 e. The smallest absolute Gasteiger partial charge is 0.124 e. The Labute approximate surface area is 111 Å². The van der Waals surface area contributed by atoms with Crippen molar-refractivity contribution in [2.75, 3.05) is 0 Å². The Morgan fingerprint density at radius 2 is 2.05 bits per heavy atom. The minimum Gasteiger partial charge on any atom is -0.388 e.